The van der Waals surface area contributed by atoms with Gasteiger partial charge in [-0.3, -0.25) is 0 Å². The van der Waals surface area contributed by atoms with Gasteiger partial charge in [0.15, 0.2) is 0 Å². The van der Waals surface area contributed by atoms with Crippen LogP contribution in [-0.4, -0.2) is 19.2 Å². The molecule has 1 aromatic carbocycles. The monoisotopic (exact) mass is 249 g/mol. The summed E-state index contributed by atoms with van der Waals surface area (Å²) in [5.41, 5.74) is 2.54. The summed E-state index contributed by atoms with van der Waals surface area (Å²) in [5.74, 6) is 1.71. The molecule has 0 bridgehead atoms. The Morgan fingerprint density at radius 1 is 1.17 bits per heavy atom. The molecule has 0 saturated heterocycles. The normalized spacial score (nSPS) is 12.8. The van der Waals surface area contributed by atoms with Crippen molar-refractivity contribution in [3.05, 3.63) is 29.3 Å². The van der Waals surface area contributed by atoms with Gasteiger partial charge in [0.2, 0.25) is 0 Å². The Balaban J connectivity index is 2.54. The van der Waals surface area contributed by atoms with Crippen LogP contribution in [0.3, 0.4) is 0 Å². The van der Waals surface area contributed by atoms with E-state index in [4.69, 9.17) is 4.74 Å². The van der Waals surface area contributed by atoms with Crippen LogP contribution in [0.25, 0.3) is 0 Å². The third kappa shape index (κ3) is 4.69. The van der Waals surface area contributed by atoms with Crippen molar-refractivity contribution in [2.75, 3.05) is 13.1 Å². The largest absolute Gasteiger partial charge is 0.489 e. The molecule has 18 heavy (non-hydrogen) atoms. The van der Waals surface area contributed by atoms with Gasteiger partial charge in [0, 0.05) is 6.54 Å². The van der Waals surface area contributed by atoms with Crippen molar-refractivity contribution < 1.29 is 4.74 Å². The summed E-state index contributed by atoms with van der Waals surface area (Å²) in [6, 6.07) is 6.25. The van der Waals surface area contributed by atoms with E-state index >= 15 is 0 Å². The quantitative estimate of drug-likeness (QED) is 0.795. The first-order valence-corrected chi connectivity index (χ1v) is 6.98. The van der Waals surface area contributed by atoms with Gasteiger partial charge in [0.1, 0.15) is 11.9 Å². The number of aryl methyl sites for hydroxylation is 1. The van der Waals surface area contributed by atoms with Crippen molar-refractivity contribution in [1.29, 1.82) is 0 Å². The first kappa shape index (κ1) is 15.0. The molecule has 0 aromatic heterocycles. The average Bonchev–Trinajstić information content (AvgIpc) is 2.33. The van der Waals surface area contributed by atoms with E-state index < -0.39 is 0 Å². The van der Waals surface area contributed by atoms with Crippen LogP contribution >= 0.6 is 0 Å². The molecule has 0 radical (unpaired) electrons. The molecule has 0 aliphatic heterocycles. The van der Waals surface area contributed by atoms with Crippen molar-refractivity contribution >= 4 is 0 Å². The summed E-state index contributed by atoms with van der Waals surface area (Å²) in [6.45, 7) is 12.8. The van der Waals surface area contributed by atoms with E-state index in [-0.39, 0.29) is 6.10 Å². The lowest BCUT2D eigenvalue weighted by molar-refractivity contribution is 0.190. The molecule has 0 saturated carbocycles. The maximum absolute atomic E-state index is 6.09. The second kappa shape index (κ2) is 7.42. The lowest BCUT2D eigenvalue weighted by Gasteiger charge is -2.20. The molecular weight excluding hydrogens is 222 g/mol. The summed E-state index contributed by atoms with van der Waals surface area (Å²) < 4.78 is 6.09. The van der Waals surface area contributed by atoms with E-state index in [1.54, 1.807) is 0 Å². The fourth-order valence-electron chi connectivity index (χ4n) is 1.83. The van der Waals surface area contributed by atoms with Crippen LogP contribution < -0.4 is 10.1 Å². The Bertz CT molecular complexity index is 360. The van der Waals surface area contributed by atoms with Gasteiger partial charge in [0.05, 0.1) is 0 Å². The summed E-state index contributed by atoms with van der Waals surface area (Å²) >= 11 is 0. The van der Waals surface area contributed by atoms with E-state index in [9.17, 15) is 0 Å². The molecule has 2 nitrogen and oxygen atoms in total. The first-order chi connectivity index (χ1) is 8.54. The summed E-state index contributed by atoms with van der Waals surface area (Å²) in [5, 5.41) is 3.47. The maximum atomic E-state index is 6.09. The number of nitrogens with one attached hydrogen (secondary N) is 1. The van der Waals surface area contributed by atoms with Crippen molar-refractivity contribution in [3.8, 4) is 5.75 Å². The number of ether oxygens (including phenoxy) is 1. The SMILES string of the molecule is CCC(CNCC(C)C)Oc1cccc(C)c1C. The van der Waals surface area contributed by atoms with E-state index in [2.05, 4.69) is 58.1 Å². The molecule has 1 rings (SSSR count). The highest BCUT2D eigenvalue weighted by Crippen LogP contribution is 2.22. The second-order valence-corrected chi connectivity index (χ2v) is 5.40. The Kier molecular flexibility index (Phi) is 6.20. The molecule has 0 aliphatic carbocycles. The number of benzene rings is 1. The summed E-state index contributed by atoms with van der Waals surface area (Å²) in [6.07, 6.45) is 1.28. The zero-order valence-electron chi connectivity index (χ0n) is 12.4. The van der Waals surface area contributed by atoms with Crippen molar-refractivity contribution in [2.45, 2.75) is 47.1 Å². The van der Waals surface area contributed by atoms with E-state index in [1.807, 2.05) is 0 Å². The Morgan fingerprint density at radius 2 is 1.89 bits per heavy atom. The topological polar surface area (TPSA) is 21.3 Å². The molecule has 0 heterocycles. The zero-order valence-corrected chi connectivity index (χ0v) is 12.4. The standard InChI is InChI=1S/C16H27NO/c1-6-15(11-17-10-12(2)3)18-16-9-7-8-13(4)14(16)5/h7-9,12,15,17H,6,10-11H2,1-5H3. The van der Waals surface area contributed by atoms with E-state index in [1.165, 1.54) is 11.1 Å². The van der Waals surface area contributed by atoms with Gasteiger partial charge in [-0.1, -0.05) is 32.9 Å². The van der Waals surface area contributed by atoms with Crippen molar-refractivity contribution in [1.82, 2.24) is 5.32 Å². The van der Waals surface area contributed by atoms with Crippen LogP contribution in [0.2, 0.25) is 0 Å². The third-order valence-corrected chi connectivity index (χ3v) is 3.23. The van der Waals surface area contributed by atoms with Gasteiger partial charge in [-0.25, -0.2) is 0 Å². The fraction of sp³-hybridized carbons (Fsp3) is 0.625. The minimum absolute atomic E-state index is 0.254. The van der Waals surface area contributed by atoms with Gasteiger partial charge in [-0.15, -0.1) is 0 Å². The van der Waals surface area contributed by atoms with Crippen LogP contribution in [-0.2, 0) is 0 Å². The molecule has 0 amide bonds. The van der Waals surface area contributed by atoms with Gasteiger partial charge in [-0.2, -0.15) is 0 Å². The second-order valence-electron chi connectivity index (χ2n) is 5.40. The fourth-order valence-corrected chi connectivity index (χ4v) is 1.83. The highest BCUT2D eigenvalue weighted by Gasteiger charge is 2.10. The Morgan fingerprint density at radius 3 is 2.50 bits per heavy atom. The predicted octanol–water partition coefficient (Wildman–Crippen LogP) is 3.71. The lowest BCUT2D eigenvalue weighted by Crippen LogP contribution is -2.33. The van der Waals surface area contributed by atoms with Crippen LogP contribution in [0.4, 0.5) is 0 Å². The van der Waals surface area contributed by atoms with Crippen molar-refractivity contribution in [3.63, 3.8) is 0 Å². The van der Waals surface area contributed by atoms with Gasteiger partial charge in [-0.05, 0) is 49.9 Å². The molecule has 0 fully saturated rings. The number of rotatable bonds is 7. The molecule has 102 valence electrons. The maximum Gasteiger partial charge on any atom is 0.122 e. The molecule has 1 aromatic rings. The van der Waals surface area contributed by atoms with Gasteiger partial charge in [0.25, 0.3) is 0 Å². The average molecular weight is 249 g/mol. The molecule has 1 unspecified atom stereocenters. The minimum Gasteiger partial charge on any atom is -0.489 e. The number of hydrogen-bond acceptors (Lipinski definition) is 2. The predicted molar refractivity (Wildman–Crippen MR) is 78.3 cm³/mol. The van der Waals surface area contributed by atoms with Crippen LogP contribution in [0, 0.1) is 19.8 Å². The minimum atomic E-state index is 0.254. The highest BCUT2D eigenvalue weighted by molar-refractivity contribution is 5.38. The zero-order chi connectivity index (χ0) is 13.5. The van der Waals surface area contributed by atoms with Crippen LogP contribution in [0.5, 0.6) is 5.75 Å². The lowest BCUT2D eigenvalue weighted by atomic mass is 10.1. The Hall–Kier alpha value is -1.02. The Labute approximate surface area is 112 Å². The first-order valence-electron chi connectivity index (χ1n) is 6.98. The van der Waals surface area contributed by atoms with Crippen LogP contribution in [0.1, 0.15) is 38.3 Å². The third-order valence-electron chi connectivity index (χ3n) is 3.23. The summed E-state index contributed by atoms with van der Waals surface area (Å²) in [7, 11) is 0. The van der Waals surface area contributed by atoms with E-state index in [0.29, 0.717) is 5.92 Å². The van der Waals surface area contributed by atoms with Crippen LogP contribution in [0.15, 0.2) is 18.2 Å². The summed E-state index contributed by atoms with van der Waals surface area (Å²) in [4.78, 5) is 0. The molecule has 2 heteroatoms. The number of hydrogen-bond donors (Lipinski definition) is 1. The molecule has 1 atom stereocenters. The molecule has 0 aliphatic rings. The highest BCUT2D eigenvalue weighted by atomic mass is 16.5. The smallest absolute Gasteiger partial charge is 0.122 e. The van der Waals surface area contributed by atoms with E-state index in [0.717, 1.165) is 25.3 Å². The van der Waals surface area contributed by atoms with Gasteiger partial charge >= 0.3 is 0 Å². The van der Waals surface area contributed by atoms with Gasteiger partial charge < -0.3 is 10.1 Å². The van der Waals surface area contributed by atoms with Crippen molar-refractivity contribution in [2.24, 2.45) is 5.92 Å². The molecular formula is C16H27NO. The molecule has 0 spiro atoms. The molecule has 1 N–H and O–H groups in total.